The van der Waals surface area contributed by atoms with Crippen LogP contribution in [0.3, 0.4) is 0 Å². The van der Waals surface area contributed by atoms with Gasteiger partial charge in [0.25, 0.3) is 0 Å². The lowest BCUT2D eigenvalue weighted by molar-refractivity contribution is -0.132. The first-order valence-corrected chi connectivity index (χ1v) is 7.19. The van der Waals surface area contributed by atoms with Gasteiger partial charge in [0.2, 0.25) is 5.88 Å². The predicted molar refractivity (Wildman–Crippen MR) is 91.8 cm³/mol. The predicted octanol–water partition coefficient (Wildman–Crippen LogP) is 1.43. The number of carboxylic acid groups (broad SMARTS) is 1. The third kappa shape index (κ3) is 4.33. The number of carboxylic acids is 1. The fourth-order valence-corrected chi connectivity index (χ4v) is 2.09. The molecule has 0 fully saturated rings. The number of benzene rings is 2. The van der Waals surface area contributed by atoms with E-state index in [9.17, 15) is 4.79 Å². The van der Waals surface area contributed by atoms with E-state index < -0.39 is 11.7 Å². The van der Waals surface area contributed by atoms with Crippen LogP contribution < -0.4 is 31.2 Å². The van der Waals surface area contributed by atoms with Crippen LogP contribution in [0.1, 0.15) is 0 Å². The molecular formula is C17H19N3O5. The third-order valence-electron chi connectivity index (χ3n) is 3.34. The van der Waals surface area contributed by atoms with Gasteiger partial charge in [0.05, 0.1) is 14.2 Å². The number of rotatable bonds is 7. The maximum absolute atomic E-state index is 10.9. The monoisotopic (exact) mass is 345 g/mol. The summed E-state index contributed by atoms with van der Waals surface area (Å²) in [6.07, 6.45) is 0. The van der Waals surface area contributed by atoms with Crippen LogP contribution in [0.4, 0.5) is 0 Å². The number of aliphatic carboxylic acids is 1. The number of hydrogen-bond donors (Lipinski definition) is 4. The number of hydrogen-bond acceptors (Lipinski definition) is 7. The normalized spacial score (nSPS) is 11.3. The number of hydrazine groups is 1. The summed E-state index contributed by atoms with van der Waals surface area (Å²) in [6.45, 7) is 0. The van der Waals surface area contributed by atoms with E-state index >= 15 is 0 Å². The van der Waals surface area contributed by atoms with Gasteiger partial charge in [-0.25, -0.2) is 10.6 Å². The van der Waals surface area contributed by atoms with Gasteiger partial charge in [-0.3, -0.25) is 5.43 Å². The summed E-state index contributed by atoms with van der Waals surface area (Å²) in [5, 5.41) is 8.92. The maximum atomic E-state index is 10.9. The van der Waals surface area contributed by atoms with Gasteiger partial charge in [0.1, 0.15) is 17.2 Å². The lowest BCUT2D eigenvalue weighted by Gasteiger charge is -2.12. The fraction of sp³-hybridized carbons (Fsp3) is 0.118. The Bertz CT molecular complexity index is 782. The van der Waals surface area contributed by atoms with Crippen LogP contribution in [0.2, 0.25) is 0 Å². The van der Waals surface area contributed by atoms with Crippen molar-refractivity contribution in [1.29, 1.82) is 0 Å². The first-order chi connectivity index (χ1) is 12.0. The third-order valence-corrected chi connectivity index (χ3v) is 3.34. The van der Waals surface area contributed by atoms with E-state index in [-0.39, 0.29) is 5.88 Å². The smallest absolute Gasteiger partial charge is 0.357 e. The quantitative estimate of drug-likeness (QED) is 0.257. The van der Waals surface area contributed by atoms with E-state index in [4.69, 9.17) is 30.9 Å². The SMILES string of the molecule is COc1cc(OC)cc(-c2cccc(O/C(NN)=C(/N)C(=O)O)c2)c1. The Morgan fingerprint density at radius 3 is 2.12 bits per heavy atom. The van der Waals surface area contributed by atoms with Gasteiger partial charge in [-0.1, -0.05) is 12.1 Å². The number of methoxy groups -OCH3 is 2. The maximum Gasteiger partial charge on any atom is 0.357 e. The molecule has 0 heterocycles. The second-order valence-electron chi connectivity index (χ2n) is 4.92. The van der Waals surface area contributed by atoms with E-state index in [0.29, 0.717) is 17.2 Å². The van der Waals surface area contributed by atoms with Crippen LogP contribution >= 0.6 is 0 Å². The molecule has 25 heavy (non-hydrogen) atoms. The van der Waals surface area contributed by atoms with Crippen molar-refractivity contribution in [2.45, 2.75) is 0 Å². The second-order valence-corrected chi connectivity index (χ2v) is 4.92. The summed E-state index contributed by atoms with van der Waals surface area (Å²) in [5.74, 6) is 5.31. The van der Waals surface area contributed by atoms with Gasteiger partial charge in [0.15, 0.2) is 5.70 Å². The van der Waals surface area contributed by atoms with Crippen molar-refractivity contribution < 1.29 is 24.1 Å². The minimum Gasteiger partial charge on any atom is -0.497 e. The minimum atomic E-state index is -1.35. The van der Waals surface area contributed by atoms with E-state index in [1.165, 1.54) is 0 Å². The summed E-state index contributed by atoms with van der Waals surface area (Å²) < 4.78 is 16.0. The first kappa shape index (κ1) is 18.0. The molecule has 0 spiro atoms. The summed E-state index contributed by atoms with van der Waals surface area (Å²) in [7, 11) is 3.13. The Labute approximate surface area is 144 Å². The zero-order chi connectivity index (χ0) is 18.4. The zero-order valence-electron chi connectivity index (χ0n) is 13.8. The van der Waals surface area contributed by atoms with Crippen molar-refractivity contribution in [3.8, 4) is 28.4 Å². The van der Waals surface area contributed by atoms with Gasteiger partial charge in [-0.05, 0) is 35.4 Å². The van der Waals surface area contributed by atoms with E-state index in [1.807, 2.05) is 18.2 Å². The molecule has 0 aliphatic carbocycles. The van der Waals surface area contributed by atoms with E-state index in [0.717, 1.165) is 11.1 Å². The molecule has 6 N–H and O–H groups in total. The average Bonchev–Trinajstić information content (AvgIpc) is 2.65. The summed E-state index contributed by atoms with van der Waals surface area (Å²) in [4.78, 5) is 10.9. The molecular weight excluding hydrogens is 326 g/mol. The van der Waals surface area contributed by atoms with Crippen LogP contribution in [0.25, 0.3) is 11.1 Å². The molecule has 2 aromatic rings. The number of nitrogens with one attached hydrogen (secondary N) is 1. The highest BCUT2D eigenvalue weighted by Gasteiger charge is 2.13. The highest BCUT2D eigenvalue weighted by molar-refractivity contribution is 5.85. The van der Waals surface area contributed by atoms with Crippen LogP contribution in [0.5, 0.6) is 17.2 Å². The van der Waals surface area contributed by atoms with Gasteiger partial charge < -0.3 is 25.1 Å². The van der Waals surface area contributed by atoms with Gasteiger partial charge in [-0.15, -0.1) is 0 Å². The number of carbonyl (C=O) groups is 1. The van der Waals surface area contributed by atoms with Gasteiger partial charge in [-0.2, -0.15) is 0 Å². The molecule has 0 saturated heterocycles. The molecule has 0 radical (unpaired) electrons. The van der Waals surface area contributed by atoms with E-state index in [2.05, 4.69) is 5.43 Å². The molecule has 0 amide bonds. The Hall–Kier alpha value is -3.39. The van der Waals surface area contributed by atoms with Crippen molar-refractivity contribution in [2.75, 3.05) is 14.2 Å². The molecule has 8 heteroatoms. The lowest BCUT2D eigenvalue weighted by atomic mass is 10.0. The summed E-state index contributed by atoms with van der Waals surface area (Å²) >= 11 is 0. The summed E-state index contributed by atoms with van der Waals surface area (Å²) in [6, 6.07) is 12.4. The Morgan fingerprint density at radius 2 is 1.60 bits per heavy atom. The fourth-order valence-electron chi connectivity index (χ4n) is 2.09. The minimum absolute atomic E-state index is 0.257. The van der Waals surface area contributed by atoms with Crippen molar-refractivity contribution in [2.24, 2.45) is 11.6 Å². The van der Waals surface area contributed by atoms with Crippen molar-refractivity contribution in [3.63, 3.8) is 0 Å². The van der Waals surface area contributed by atoms with Crippen LogP contribution in [0, 0.1) is 0 Å². The molecule has 0 bridgehead atoms. The molecule has 0 aliphatic heterocycles. The van der Waals surface area contributed by atoms with Gasteiger partial charge in [0, 0.05) is 6.07 Å². The van der Waals surface area contributed by atoms with Crippen molar-refractivity contribution in [1.82, 2.24) is 5.43 Å². The first-order valence-electron chi connectivity index (χ1n) is 7.19. The highest BCUT2D eigenvalue weighted by Crippen LogP contribution is 2.31. The van der Waals surface area contributed by atoms with Crippen LogP contribution in [-0.2, 0) is 4.79 Å². The van der Waals surface area contributed by atoms with Crippen molar-refractivity contribution >= 4 is 5.97 Å². The lowest BCUT2D eigenvalue weighted by Crippen LogP contribution is -2.31. The average molecular weight is 345 g/mol. The molecule has 8 nitrogen and oxygen atoms in total. The Kier molecular flexibility index (Phi) is 5.70. The molecule has 0 atom stereocenters. The van der Waals surface area contributed by atoms with Gasteiger partial charge >= 0.3 is 5.97 Å². The largest absolute Gasteiger partial charge is 0.497 e. The molecule has 0 saturated carbocycles. The highest BCUT2D eigenvalue weighted by atomic mass is 16.5. The van der Waals surface area contributed by atoms with E-state index in [1.54, 1.807) is 38.5 Å². The standard InChI is InChI=1S/C17H19N3O5/c1-23-13-7-11(8-14(9-13)24-2)10-4-3-5-12(6-10)25-16(20-19)15(18)17(21)22/h3-9,20H,18-19H2,1-2H3,(H,21,22)/b16-15+. The molecule has 0 aliphatic rings. The second kappa shape index (κ2) is 7.93. The number of nitrogens with two attached hydrogens (primary N) is 2. The Morgan fingerprint density at radius 1 is 1.00 bits per heavy atom. The number of ether oxygens (including phenoxy) is 3. The molecule has 132 valence electrons. The Balaban J connectivity index is 2.39. The summed E-state index contributed by atoms with van der Waals surface area (Å²) in [5.41, 5.74) is 8.67. The van der Waals surface area contributed by atoms with Crippen molar-refractivity contribution in [3.05, 3.63) is 54.0 Å². The molecule has 2 aromatic carbocycles. The topological polar surface area (TPSA) is 129 Å². The van der Waals surface area contributed by atoms with Crippen LogP contribution in [0.15, 0.2) is 54.0 Å². The molecule has 2 rings (SSSR count). The molecule has 0 aromatic heterocycles. The molecule has 0 unspecified atom stereocenters. The zero-order valence-corrected chi connectivity index (χ0v) is 13.8. The van der Waals surface area contributed by atoms with Crippen LogP contribution in [-0.4, -0.2) is 25.3 Å².